The first-order valence-electron chi connectivity index (χ1n) is 7.35. The molecule has 0 radical (unpaired) electrons. The number of pyridine rings is 1. The summed E-state index contributed by atoms with van der Waals surface area (Å²) in [6.07, 6.45) is 8.42. The van der Waals surface area contributed by atoms with Crippen LogP contribution in [0.25, 0.3) is 0 Å². The standard InChI is InChI=1S/C15H21N3O2/c19-12-7-11(8-16-10-12)9-18-14(20)15-4-2-1-3-13(15)17-6-5-15/h7-8,10,13,17,19H,1-6,9H2,(H,18,20)/t13-,15+/m0/s1. The van der Waals surface area contributed by atoms with E-state index in [1.54, 1.807) is 12.3 Å². The van der Waals surface area contributed by atoms with Gasteiger partial charge in [-0.1, -0.05) is 12.8 Å². The number of rotatable bonds is 3. The maximum Gasteiger partial charge on any atom is 0.228 e. The van der Waals surface area contributed by atoms with Crippen LogP contribution in [0.5, 0.6) is 5.75 Å². The summed E-state index contributed by atoms with van der Waals surface area (Å²) in [4.78, 5) is 16.6. The second kappa shape index (κ2) is 5.40. The molecule has 0 spiro atoms. The summed E-state index contributed by atoms with van der Waals surface area (Å²) in [6, 6.07) is 1.97. The van der Waals surface area contributed by atoms with Crippen molar-refractivity contribution < 1.29 is 9.90 Å². The fourth-order valence-electron chi connectivity index (χ4n) is 3.62. The summed E-state index contributed by atoms with van der Waals surface area (Å²) in [5.41, 5.74) is 0.607. The molecule has 1 saturated heterocycles. The number of fused-ring (bicyclic) bond motifs is 1. The fourth-order valence-corrected chi connectivity index (χ4v) is 3.62. The van der Waals surface area contributed by atoms with Crippen molar-refractivity contribution in [3.63, 3.8) is 0 Å². The topological polar surface area (TPSA) is 74.2 Å². The minimum atomic E-state index is -0.220. The summed E-state index contributed by atoms with van der Waals surface area (Å²) in [5.74, 6) is 0.281. The van der Waals surface area contributed by atoms with Gasteiger partial charge in [0, 0.05) is 18.8 Å². The Morgan fingerprint density at radius 2 is 2.35 bits per heavy atom. The van der Waals surface area contributed by atoms with E-state index in [0.717, 1.165) is 37.8 Å². The van der Waals surface area contributed by atoms with E-state index >= 15 is 0 Å². The van der Waals surface area contributed by atoms with Crippen LogP contribution in [-0.2, 0) is 11.3 Å². The minimum absolute atomic E-state index is 0.132. The van der Waals surface area contributed by atoms with E-state index in [9.17, 15) is 9.90 Å². The van der Waals surface area contributed by atoms with Crippen LogP contribution in [-0.4, -0.2) is 28.6 Å². The Kier molecular flexibility index (Phi) is 3.61. The maximum absolute atomic E-state index is 12.6. The van der Waals surface area contributed by atoms with Crippen molar-refractivity contribution in [2.45, 2.75) is 44.7 Å². The van der Waals surface area contributed by atoms with Crippen molar-refractivity contribution in [3.05, 3.63) is 24.0 Å². The highest BCUT2D eigenvalue weighted by atomic mass is 16.3. The molecule has 0 bridgehead atoms. The number of carbonyl (C=O) groups is 1. The van der Waals surface area contributed by atoms with Gasteiger partial charge in [-0.25, -0.2) is 0 Å². The number of carbonyl (C=O) groups excluding carboxylic acids is 1. The molecule has 2 atom stereocenters. The summed E-state index contributed by atoms with van der Waals surface area (Å²) in [6.45, 7) is 1.36. The third-order valence-corrected chi connectivity index (χ3v) is 4.68. The highest BCUT2D eigenvalue weighted by molar-refractivity contribution is 5.84. The smallest absolute Gasteiger partial charge is 0.228 e. The van der Waals surface area contributed by atoms with Crippen LogP contribution in [0.2, 0.25) is 0 Å². The number of hydrogen-bond donors (Lipinski definition) is 3. The number of nitrogens with zero attached hydrogens (tertiary/aromatic N) is 1. The maximum atomic E-state index is 12.6. The molecule has 3 N–H and O–H groups in total. The van der Waals surface area contributed by atoms with Crippen LogP contribution in [0.1, 0.15) is 37.7 Å². The van der Waals surface area contributed by atoms with E-state index in [1.165, 1.54) is 12.6 Å². The summed E-state index contributed by atoms with van der Waals surface area (Å²) in [5, 5.41) is 15.9. The van der Waals surface area contributed by atoms with Crippen LogP contribution in [0.15, 0.2) is 18.5 Å². The Morgan fingerprint density at radius 3 is 3.20 bits per heavy atom. The highest BCUT2D eigenvalue weighted by Crippen LogP contribution is 2.42. The van der Waals surface area contributed by atoms with Crippen LogP contribution in [0.3, 0.4) is 0 Å². The second-order valence-corrected chi connectivity index (χ2v) is 5.89. The largest absolute Gasteiger partial charge is 0.506 e. The first-order valence-corrected chi connectivity index (χ1v) is 7.35. The van der Waals surface area contributed by atoms with E-state index in [0.29, 0.717) is 12.6 Å². The van der Waals surface area contributed by atoms with Gasteiger partial charge in [0.25, 0.3) is 0 Å². The number of amides is 1. The third kappa shape index (κ3) is 2.38. The number of aromatic nitrogens is 1. The molecule has 108 valence electrons. The van der Waals surface area contributed by atoms with E-state index < -0.39 is 0 Å². The van der Waals surface area contributed by atoms with Gasteiger partial charge in [-0.05, 0) is 37.4 Å². The van der Waals surface area contributed by atoms with Crippen molar-refractivity contribution in [1.82, 2.24) is 15.6 Å². The summed E-state index contributed by atoms with van der Waals surface area (Å²) >= 11 is 0. The monoisotopic (exact) mass is 275 g/mol. The zero-order valence-corrected chi connectivity index (χ0v) is 11.6. The molecule has 5 heteroatoms. The van der Waals surface area contributed by atoms with Crippen LogP contribution in [0.4, 0.5) is 0 Å². The van der Waals surface area contributed by atoms with Gasteiger partial charge in [-0.3, -0.25) is 9.78 Å². The van der Waals surface area contributed by atoms with Crippen LogP contribution in [0, 0.1) is 5.41 Å². The minimum Gasteiger partial charge on any atom is -0.506 e. The third-order valence-electron chi connectivity index (χ3n) is 4.68. The first-order chi connectivity index (χ1) is 9.71. The van der Waals surface area contributed by atoms with Crippen molar-refractivity contribution in [1.29, 1.82) is 0 Å². The molecule has 1 saturated carbocycles. The van der Waals surface area contributed by atoms with Gasteiger partial charge in [-0.2, -0.15) is 0 Å². The average molecular weight is 275 g/mol. The fraction of sp³-hybridized carbons (Fsp3) is 0.600. The highest BCUT2D eigenvalue weighted by Gasteiger charge is 2.49. The van der Waals surface area contributed by atoms with E-state index in [-0.39, 0.29) is 17.1 Å². The molecule has 2 aliphatic rings. The normalized spacial score (nSPS) is 28.9. The molecule has 5 nitrogen and oxygen atoms in total. The zero-order chi connectivity index (χ0) is 14.0. The van der Waals surface area contributed by atoms with Gasteiger partial charge in [0.15, 0.2) is 0 Å². The lowest BCUT2D eigenvalue weighted by Gasteiger charge is -2.37. The van der Waals surface area contributed by atoms with Gasteiger partial charge in [-0.15, -0.1) is 0 Å². The molecule has 1 aromatic rings. The Hall–Kier alpha value is -1.62. The van der Waals surface area contributed by atoms with E-state index in [2.05, 4.69) is 15.6 Å². The first kappa shape index (κ1) is 13.4. The van der Waals surface area contributed by atoms with Crippen molar-refractivity contribution >= 4 is 5.91 Å². The molecular formula is C15H21N3O2. The van der Waals surface area contributed by atoms with Crippen LogP contribution >= 0.6 is 0 Å². The molecule has 0 aromatic carbocycles. The van der Waals surface area contributed by atoms with Gasteiger partial charge in [0.2, 0.25) is 5.91 Å². The quantitative estimate of drug-likeness (QED) is 0.778. The number of nitrogens with one attached hydrogen (secondary N) is 2. The molecule has 1 amide bonds. The summed E-state index contributed by atoms with van der Waals surface area (Å²) < 4.78 is 0. The van der Waals surface area contributed by atoms with Gasteiger partial charge < -0.3 is 15.7 Å². The molecule has 1 aliphatic carbocycles. The molecule has 1 aromatic heterocycles. The second-order valence-electron chi connectivity index (χ2n) is 5.89. The lowest BCUT2D eigenvalue weighted by atomic mass is 9.70. The van der Waals surface area contributed by atoms with Gasteiger partial charge in [0.1, 0.15) is 5.75 Å². The van der Waals surface area contributed by atoms with E-state index in [4.69, 9.17) is 0 Å². The number of aromatic hydroxyl groups is 1. The molecule has 3 rings (SSSR count). The Labute approximate surface area is 118 Å². The van der Waals surface area contributed by atoms with Gasteiger partial charge >= 0.3 is 0 Å². The molecule has 2 heterocycles. The molecule has 1 aliphatic heterocycles. The van der Waals surface area contributed by atoms with E-state index in [1.807, 2.05) is 0 Å². The molecule has 0 unspecified atom stereocenters. The Morgan fingerprint density at radius 1 is 1.45 bits per heavy atom. The lowest BCUT2D eigenvalue weighted by molar-refractivity contribution is -0.133. The average Bonchev–Trinajstić information content (AvgIpc) is 2.90. The van der Waals surface area contributed by atoms with Gasteiger partial charge in [0.05, 0.1) is 11.6 Å². The predicted octanol–water partition coefficient (Wildman–Crippen LogP) is 1.33. The molecular weight excluding hydrogens is 254 g/mol. The number of hydrogen-bond acceptors (Lipinski definition) is 4. The lowest BCUT2D eigenvalue weighted by Crippen LogP contribution is -2.50. The zero-order valence-electron chi connectivity index (χ0n) is 11.6. The SMILES string of the molecule is O=C(NCc1cncc(O)c1)[C@@]12CCCC[C@@H]1NCC2. The van der Waals surface area contributed by atoms with Crippen LogP contribution < -0.4 is 10.6 Å². The van der Waals surface area contributed by atoms with Crippen molar-refractivity contribution in [2.75, 3.05) is 6.54 Å². The predicted molar refractivity (Wildman–Crippen MR) is 75.1 cm³/mol. The van der Waals surface area contributed by atoms with Crippen molar-refractivity contribution in [2.24, 2.45) is 5.41 Å². The molecule has 2 fully saturated rings. The summed E-state index contributed by atoms with van der Waals surface area (Å²) in [7, 11) is 0. The molecule has 20 heavy (non-hydrogen) atoms. The Balaban J connectivity index is 1.66. The Bertz CT molecular complexity index is 506. The van der Waals surface area contributed by atoms with Crippen molar-refractivity contribution in [3.8, 4) is 5.75 Å².